The zero-order valence-corrected chi connectivity index (χ0v) is 12.7. The molecule has 1 aromatic carbocycles. The lowest BCUT2D eigenvalue weighted by molar-refractivity contribution is -0.121. The van der Waals surface area contributed by atoms with Gasteiger partial charge in [-0.3, -0.25) is 14.5 Å². The number of carbonyl (C=O) groups is 2. The smallest absolute Gasteiger partial charge is 0.238 e. The van der Waals surface area contributed by atoms with Gasteiger partial charge in [0, 0.05) is 0 Å². The van der Waals surface area contributed by atoms with E-state index in [2.05, 4.69) is 12.2 Å². The minimum atomic E-state index is -0.436. The van der Waals surface area contributed by atoms with Crippen molar-refractivity contribution < 1.29 is 9.59 Å². The van der Waals surface area contributed by atoms with Crippen LogP contribution in [0.25, 0.3) is 0 Å². The van der Waals surface area contributed by atoms with Gasteiger partial charge in [0.05, 0.1) is 24.5 Å². The first-order valence-electron chi connectivity index (χ1n) is 7.09. The number of nitrogens with two attached hydrogens (primary N) is 2. The zero-order valence-electron chi connectivity index (χ0n) is 12.7. The van der Waals surface area contributed by atoms with Crippen LogP contribution in [0.3, 0.4) is 0 Å². The molecule has 0 bridgehead atoms. The van der Waals surface area contributed by atoms with Gasteiger partial charge in [-0.25, -0.2) is 0 Å². The second-order valence-corrected chi connectivity index (χ2v) is 5.17. The van der Waals surface area contributed by atoms with E-state index in [1.54, 1.807) is 17.0 Å². The number of unbranched alkanes of at least 4 members (excludes halogenated alkanes) is 1. The third-order valence-electron chi connectivity index (χ3n) is 3.06. The lowest BCUT2D eigenvalue weighted by atomic mass is 10.2. The van der Waals surface area contributed by atoms with E-state index in [0.717, 1.165) is 18.4 Å². The van der Waals surface area contributed by atoms with Crippen molar-refractivity contribution in [3.05, 3.63) is 23.8 Å². The Morgan fingerprint density at radius 3 is 2.57 bits per heavy atom. The number of nitrogens with one attached hydrogen (secondary N) is 1. The van der Waals surface area contributed by atoms with Crippen LogP contribution in [0.15, 0.2) is 18.2 Å². The summed E-state index contributed by atoms with van der Waals surface area (Å²) in [5.41, 5.74) is 13.2. The molecule has 0 spiro atoms. The Balaban J connectivity index is 2.61. The number of hydrogen-bond acceptors (Lipinski definition) is 4. The molecule has 0 atom stereocenters. The van der Waals surface area contributed by atoms with E-state index in [-0.39, 0.29) is 19.0 Å². The molecule has 1 aromatic rings. The minimum Gasteiger partial charge on any atom is -0.397 e. The first kappa shape index (κ1) is 17.0. The number of primary amides is 1. The number of benzene rings is 1. The fraction of sp³-hybridized carbons (Fsp3) is 0.467. The van der Waals surface area contributed by atoms with E-state index in [0.29, 0.717) is 17.9 Å². The molecule has 5 N–H and O–H groups in total. The van der Waals surface area contributed by atoms with Crippen LogP contribution in [-0.2, 0) is 9.59 Å². The Morgan fingerprint density at radius 2 is 2.00 bits per heavy atom. The second-order valence-electron chi connectivity index (χ2n) is 5.17. The number of rotatable bonds is 8. The Bertz CT molecular complexity index is 502. The summed E-state index contributed by atoms with van der Waals surface area (Å²) in [6.45, 7) is 4.85. The molecule has 0 saturated heterocycles. The average Bonchev–Trinajstić information content (AvgIpc) is 2.38. The number of carbonyl (C=O) groups excluding carboxylic acids is 2. The Hall–Kier alpha value is -2.08. The van der Waals surface area contributed by atoms with Gasteiger partial charge < -0.3 is 16.8 Å². The lowest BCUT2D eigenvalue weighted by Gasteiger charge is -2.20. The molecule has 0 heterocycles. The van der Waals surface area contributed by atoms with Crippen LogP contribution < -0.4 is 16.8 Å². The van der Waals surface area contributed by atoms with Crippen molar-refractivity contribution in [2.24, 2.45) is 5.73 Å². The van der Waals surface area contributed by atoms with E-state index < -0.39 is 5.91 Å². The van der Waals surface area contributed by atoms with Gasteiger partial charge in [-0.05, 0) is 37.6 Å². The molecule has 116 valence electrons. The van der Waals surface area contributed by atoms with Crippen molar-refractivity contribution >= 4 is 23.2 Å². The van der Waals surface area contributed by atoms with E-state index in [1.807, 2.05) is 13.0 Å². The summed E-state index contributed by atoms with van der Waals surface area (Å²) in [6, 6.07) is 5.45. The molecule has 1 rings (SSSR count). The normalized spacial score (nSPS) is 10.6. The Kier molecular flexibility index (Phi) is 6.68. The molecule has 21 heavy (non-hydrogen) atoms. The van der Waals surface area contributed by atoms with Crippen LogP contribution >= 0.6 is 0 Å². The summed E-state index contributed by atoms with van der Waals surface area (Å²) in [6.07, 6.45) is 1.90. The van der Waals surface area contributed by atoms with Gasteiger partial charge in [-0.15, -0.1) is 0 Å². The minimum absolute atomic E-state index is 0.0802. The highest BCUT2D eigenvalue weighted by atomic mass is 16.2. The Morgan fingerprint density at radius 1 is 1.29 bits per heavy atom. The average molecular weight is 292 g/mol. The molecular formula is C15H24N4O2. The van der Waals surface area contributed by atoms with E-state index >= 15 is 0 Å². The van der Waals surface area contributed by atoms with Crippen LogP contribution in [0.2, 0.25) is 0 Å². The fourth-order valence-corrected chi connectivity index (χ4v) is 2.00. The number of aryl methyl sites for hydroxylation is 1. The van der Waals surface area contributed by atoms with Crippen LogP contribution in [0.1, 0.15) is 25.3 Å². The summed E-state index contributed by atoms with van der Waals surface area (Å²) in [4.78, 5) is 24.8. The standard InChI is InChI=1S/C15H24N4O2/c1-3-4-7-19(9-14(17)20)10-15(21)18-13-6-5-11(2)8-12(13)16/h5-6,8H,3-4,7,9-10,16H2,1-2H3,(H2,17,20)(H,18,21). The maximum absolute atomic E-state index is 12.0. The summed E-state index contributed by atoms with van der Waals surface area (Å²) in [5, 5.41) is 2.76. The molecule has 0 saturated carbocycles. The van der Waals surface area contributed by atoms with E-state index in [9.17, 15) is 9.59 Å². The van der Waals surface area contributed by atoms with E-state index in [1.165, 1.54) is 0 Å². The molecule has 0 aliphatic rings. The van der Waals surface area contributed by atoms with Crippen LogP contribution in [0, 0.1) is 6.92 Å². The number of nitrogen functional groups attached to an aromatic ring is 1. The summed E-state index contributed by atoms with van der Waals surface area (Å²) >= 11 is 0. The fourth-order valence-electron chi connectivity index (χ4n) is 2.00. The van der Waals surface area contributed by atoms with Crippen molar-refractivity contribution in [2.45, 2.75) is 26.7 Å². The predicted octanol–water partition coefficient (Wildman–Crippen LogP) is 1.10. The number of nitrogens with zero attached hydrogens (tertiary/aromatic N) is 1. The van der Waals surface area contributed by atoms with E-state index in [4.69, 9.17) is 11.5 Å². The van der Waals surface area contributed by atoms with Crippen molar-refractivity contribution in [3.63, 3.8) is 0 Å². The lowest BCUT2D eigenvalue weighted by Crippen LogP contribution is -2.39. The number of amides is 2. The van der Waals surface area contributed by atoms with Crippen LogP contribution in [0.4, 0.5) is 11.4 Å². The van der Waals surface area contributed by atoms with Crippen molar-refractivity contribution in [3.8, 4) is 0 Å². The van der Waals surface area contributed by atoms with Gasteiger partial charge in [0.15, 0.2) is 0 Å². The second kappa shape index (κ2) is 8.26. The molecule has 2 amide bonds. The monoisotopic (exact) mass is 292 g/mol. The molecule has 0 radical (unpaired) electrons. The van der Waals surface area contributed by atoms with Gasteiger partial charge in [0.25, 0.3) is 0 Å². The molecule has 0 fully saturated rings. The SMILES string of the molecule is CCCCN(CC(N)=O)CC(=O)Nc1ccc(C)cc1N. The first-order chi connectivity index (χ1) is 9.92. The van der Waals surface area contributed by atoms with Gasteiger partial charge in [0.1, 0.15) is 0 Å². The highest BCUT2D eigenvalue weighted by Gasteiger charge is 2.13. The van der Waals surface area contributed by atoms with Crippen LogP contribution in [0.5, 0.6) is 0 Å². The van der Waals surface area contributed by atoms with Crippen molar-refractivity contribution in [1.29, 1.82) is 0 Å². The topological polar surface area (TPSA) is 101 Å². The molecule has 0 aliphatic heterocycles. The third kappa shape index (κ3) is 6.27. The van der Waals surface area contributed by atoms with Crippen LogP contribution in [-0.4, -0.2) is 36.3 Å². The summed E-state index contributed by atoms with van der Waals surface area (Å²) < 4.78 is 0. The molecule has 6 heteroatoms. The Labute approximate surface area is 125 Å². The highest BCUT2D eigenvalue weighted by Crippen LogP contribution is 2.19. The van der Waals surface area contributed by atoms with Crippen molar-refractivity contribution in [2.75, 3.05) is 30.7 Å². The maximum atomic E-state index is 12.0. The third-order valence-corrected chi connectivity index (χ3v) is 3.06. The molecule has 0 unspecified atom stereocenters. The molecule has 0 aliphatic carbocycles. The summed E-state index contributed by atoms with van der Waals surface area (Å²) in [7, 11) is 0. The van der Waals surface area contributed by atoms with Gasteiger partial charge in [-0.1, -0.05) is 19.4 Å². The number of hydrogen-bond donors (Lipinski definition) is 3. The predicted molar refractivity (Wildman–Crippen MR) is 84.8 cm³/mol. The maximum Gasteiger partial charge on any atom is 0.238 e. The highest BCUT2D eigenvalue weighted by molar-refractivity contribution is 5.95. The molecule has 0 aromatic heterocycles. The molecular weight excluding hydrogens is 268 g/mol. The van der Waals surface area contributed by atoms with Crippen molar-refractivity contribution in [1.82, 2.24) is 4.90 Å². The summed E-state index contributed by atoms with van der Waals surface area (Å²) in [5.74, 6) is -0.642. The number of anilines is 2. The molecule has 6 nitrogen and oxygen atoms in total. The first-order valence-corrected chi connectivity index (χ1v) is 7.09. The zero-order chi connectivity index (χ0) is 15.8. The van der Waals surface area contributed by atoms with Gasteiger partial charge in [0.2, 0.25) is 11.8 Å². The van der Waals surface area contributed by atoms with Gasteiger partial charge >= 0.3 is 0 Å². The van der Waals surface area contributed by atoms with Gasteiger partial charge in [-0.2, -0.15) is 0 Å². The largest absolute Gasteiger partial charge is 0.397 e. The quantitative estimate of drug-likeness (QED) is 0.624.